The van der Waals surface area contributed by atoms with Crippen LogP contribution >= 0.6 is 0 Å². The summed E-state index contributed by atoms with van der Waals surface area (Å²) >= 11 is 0. The van der Waals surface area contributed by atoms with E-state index in [1.807, 2.05) is 11.7 Å². The maximum Gasteiger partial charge on any atom is 0.323 e. The zero-order chi connectivity index (χ0) is 27.5. The minimum absolute atomic E-state index is 0.0290. The Kier molecular flexibility index (Phi) is 7.42. The van der Waals surface area contributed by atoms with Gasteiger partial charge in [-0.05, 0) is 44.2 Å². The summed E-state index contributed by atoms with van der Waals surface area (Å²) in [6.07, 6.45) is 6.57. The Bertz CT molecular complexity index is 1480. The van der Waals surface area contributed by atoms with Crippen LogP contribution in [0, 0.1) is 0 Å². The van der Waals surface area contributed by atoms with Crippen LogP contribution in [-0.2, 0) is 19.5 Å². The fraction of sp³-hybridized carbons (Fsp3) is 0.321. The number of hydrogen-bond acceptors (Lipinski definition) is 7. The number of aromatic nitrogens is 4. The van der Waals surface area contributed by atoms with E-state index in [0.29, 0.717) is 47.5 Å². The molecule has 0 spiro atoms. The minimum atomic E-state index is -0.388. The Morgan fingerprint density at radius 2 is 1.90 bits per heavy atom. The van der Waals surface area contributed by atoms with Crippen molar-refractivity contribution in [3.63, 3.8) is 0 Å². The van der Waals surface area contributed by atoms with Crippen LogP contribution < -0.4 is 15.6 Å². The molecule has 11 nitrogen and oxygen atoms in total. The average Bonchev–Trinajstić information content (AvgIpc) is 3.56. The average molecular weight is 530 g/mol. The SMILES string of the molecule is C=CC(=C)n1c(=O)c(C(=O)Cc2ccc(Oc3ccnc(NC(=O)N4CCCC4)c3)cn2)c2n1CCN(C)C2. The number of Topliss-reactive ketones (excluding diaryl/α,β-unsaturated/α-hetero) is 1. The summed E-state index contributed by atoms with van der Waals surface area (Å²) in [4.78, 5) is 51.3. The normalized spacial score (nSPS) is 15.1. The Morgan fingerprint density at radius 3 is 2.62 bits per heavy atom. The summed E-state index contributed by atoms with van der Waals surface area (Å²) in [5.74, 6) is 1.04. The molecule has 3 aromatic heterocycles. The molecule has 2 aliphatic heterocycles. The maximum absolute atomic E-state index is 13.3. The molecule has 0 unspecified atom stereocenters. The van der Waals surface area contributed by atoms with Gasteiger partial charge in [0, 0.05) is 44.1 Å². The number of rotatable bonds is 8. The summed E-state index contributed by atoms with van der Waals surface area (Å²) in [7, 11) is 1.95. The third kappa shape index (κ3) is 5.53. The number of carbonyl (C=O) groups excluding carboxylic acids is 2. The van der Waals surface area contributed by atoms with Crippen LogP contribution in [0.2, 0.25) is 0 Å². The van der Waals surface area contributed by atoms with Crippen LogP contribution in [0.4, 0.5) is 10.6 Å². The lowest BCUT2D eigenvalue weighted by atomic mass is 10.1. The number of hydrogen-bond donors (Lipinski definition) is 1. The van der Waals surface area contributed by atoms with Gasteiger partial charge in [0.2, 0.25) is 0 Å². The molecule has 0 aliphatic carbocycles. The number of nitrogens with one attached hydrogen (secondary N) is 1. The summed E-state index contributed by atoms with van der Waals surface area (Å²) in [6.45, 7) is 10.9. The molecule has 1 N–H and O–H groups in total. The van der Waals surface area contributed by atoms with Gasteiger partial charge in [0.15, 0.2) is 5.78 Å². The molecule has 0 aromatic carbocycles. The molecule has 0 atom stereocenters. The van der Waals surface area contributed by atoms with Gasteiger partial charge in [-0.2, -0.15) is 0 Å². The smallest absolute Gasteiger partial charge is 0.323 e. The van der Waals surface area contributed by atoms with Crippen molar-refractivity contribution in [3.05, 3.63) is 83.2 Å². The first-order valence-electron chi connectivity index (χ1n) is 12.9. The van der Waals surface area contributed by atoms with Crippen molar-refractivity contribution in [1.29, 1.82) is 0 Å². The first kappa shape index (κ1) is 26.1. The first-order chi connectivity index (χ1) is 18.8. The number of allylic oxidation sites excluding steroid dienone is 2. The largest absolute Gasteiger partial charge is 0.456 e. The first-order valence-corrected chi connectivity index (χ1v) is 12.9. The topological polar surface area (TPSA) is 115 Å². The van der Waals surface area contributed by atoms with Crippen LogP contribution in [0.3, 0.4) is 0 Å². The van der Waals surface area contributed by atoms with Crippen molar-refractivity contribution in [2.75, 3.05) is 32.0 Å². The van der Waals surface area contributed by atoms with Crippen molar-refractivity contribution in [2.45, 2.75) is 32.4 Å². The highest BCUT2D eigenvalue weighted by molar-refractivity contribution is 5.98. The summed E-state index contributed by atoms with van der Waals surface area (Å²) in [5, 5.41) is 2.80. The fourth-order valence-corrected chi connectivity index (χ4v) is 4.85. The van der Waals surface area contributed by atoms with Crippen LogP contribution in [-0.4, -0.2) is 67.6 Å². The molecule has 39 heavy (non-hydrogen) atoms. The van der Waals surface area contributed by atoms with E-state index in [1.54, 1.807) is 35.4 Å². The van der Waals surface area contributed by atoms with Gasteiger partial charge in [0.1, 0.15) is 22.9 Å². The Labute approximate surface area is 226 Å². The van der Waals surface area contributed by atoms with E-state index in [2.05, 4.69) is 33.3 Å². The van der Waals surface area contributed by atoms with E-state index in [1.165, 1.54) is 17.0 Å². The molecule has 11 heteroatoms. The van der Waals surface area contributed by atoms with Gasteiger partial charge in [-0.15, -0.1) is 0 Å². The highest BCUT2D eigenvalue weighted by Crippen LogP contribution is 2.24. The Balaban J connectivity index is 1.28. The van der Waals surface area contributed by atoms with Crippen molar-refractivity contribution in [3.8, 4) is 11.5 Å². The van der Waals surface area contributed by atoms with E-state index in [0.717, 1.165) is 32.5 Å². The molecule has 1 saturated heterocycles. The highest BCUT2D eigenvalue weighted by Gasteiger charge is 2.29. The molecule has 5 rings (SSSR count). The third-order valence-corrected chi connectivity index (χ3v) is 6.88. The maximum atomic E-state index is 13.3. The molecule has 5 heterocycles. The lowest BCUT2D eigenvalue weighted by Gasteiger charge is -2.26. The minimum Gasteiger partial charge on any atom is -0.456 e. The number of fused-ring (bicyclic) bond motifs is 1. The molecule has 0 saturated carbocycles. The van der Waals surface area contributed by atoms with Crippen molar-refractivity contribution >= 4 is 23.3 Å². The Morgan fingerprint density at radius 1 is 1.10 bits per heavy atom. The lowest BCUT2D eigenvalue weighted by molar-refractivity contribution is 0.0988. The quantitative estimate of drug-likeness (QED) is 0.351. The number of urea groups is 1. The van der Waals surface area contributed by atoms with Crippen LogP contribution in [0.25, 0.3) is 5.70 Å². The van der Waals surface area contributed by atoms with Gasteiger partial charge in [0.05, 0.1) is 30.6 Å². The van der Waals surface area contributed by atoms with E-state index in [4.69, 9.17) is 4.74 Å². The summed E-state index contributed by atoms with van der Waals surface area (Å²) in [6, 6.07) is 6.54. The van der Waals surface area contributed by atoms with Gasteiger partial charge >= 0.3 is 6.03 Å². The van der Waals surface area contributed by atoms with Gasteiger partial charge in [-0.1, -0.05) is 13.2 Å². The van der Waals surface area contributed by atoms with Gasteiger partial charge in [-0.3, -0.25) is 29.5 Å². The number of likely N-dealkylation sites (N-methyl/N-ethyl adjacent to an activating group) is 1. The highest BCUT2D eigenvalue weighted by atomic mass is 16.5. The predicted molar refractivity (Wildman–Crippen MR) is 147 cm³/mol. The molecular weight excluding hydrogens is 498 g/mol. The molecule has 0 radical (unpaired) electrons. The number of likely N-dealkylation sites (tertiary alicyclic amines) is 1. The van der Waals surface area contributed by atoms with Crippen molar-refractivity contribution in [2.24, 2.45) is 0 Å². The molecule has 202 valence electrons. The van der Waals surface area contributed by atoms with Crippen LogP contribution in [0.15, 0.2) is 60.7 Å². The third-order valence-electron chi connectivity index (χ3n) is 6.88. The van der Waals surface area contributed by atoms with Crippen molar-refractivity contribution in [1.82, 2.24) is 29.1 Å². The van der Waals surface area contributed by atoms with Crippen LogP contribution in [0.5, 0.6) is 11.5 Å². The van der Waals surface area contributed by atoms with Gasteiger partial charge < -0.3 is 9.64 Å². The van der Waals surface area contributed by atoms with Gasteiger partial charge in [0.25, 0.3) is 5.56 Å². The lowest BCUT2D eigenvalue weighted by Crippen LogP contribution is -2.33. The summed E-state index contributed by atoms with van der Waals surface area (Å²) in [5.41, 5.74) is 1.39. The zero-order valence-corrected chi connectivity index (χ0v) is 21.9. The second kappa shape index (κ2) is 11.1. The standard InChI is InChI=1S/C28H31N7O4/c1-4-19(2)35-27(37)26(23-18-32(3)13-14-34(23)35)24(36)15-20-7-8-22(17-30-20)39-21-9-10-29-25(16-21)31-28(38)33-11-5-6-12-33/h4,7-10,16-17H,1-2,5-6,11-15,18H2,3H3,(H,29,31,38). The van der Waals surface area contributed by atoms with Crippen molar-refractivity contribution < 1.29 is 14.3 Å². The van der Waals surface area contributed by atoms with Gasteiger partial charge in [-0.25, -0.2) is 14.5 Å². The Hall–Kier alpha value is -4.51. The van der Waals surface area contributed by atoms with E-state index in [-0.39, 0.29) is 29.4 Å². The number of pyridine rings is 2. The van der Waals surface area contributed by atoms with E-state index < -0.39 is 0 Å². The number of amides is 2. The molecule has 2 aliphatic rings. The summed E-state index contributed by atoms with van der Waals surface area (Å²) < 4.78 is 9.14. The number of carbonyl (C=O) groups is 2. The molecule has 1 fully saturated rings. The molecular formula is C28H31N7O4. The molecule has 2 amide bonds. The van der Waals surface area contributed by atoms with E-state index in [9.17, 15) is 14.4 Å². The molecule has 0 bridgehead atoms. The molecule has 3 aromatic rings. The monoisotopic (exact) mass is 529 g/mol. The zero-order valence-electron chi connectivity index (χ0n) is 21.9. The fourth-order valence-electron chi connectivity index (χ4n) is 4.85. The second-order valence-corrected chi connectivity index (χ2v) is 9.68. The number of ether oxygens (including phenoxy) is 1. The number of ketones is 1. The number of nitrogens with zero attached hydrogens (tertiary/aromatic N) is 6. The number of anilines is 1. The van der Waals surface area contributed by atoms with E-state index >= 15 is 0 Å². The van der Waals surface area contributed by atoms with Crippen LogP contribution in [0.1, 0.15) is 34.6 Å². The second-order valence-electron chi connectivity index (χ2n) is 9.68. The predicted octanol–water partition coefficient (Wildman–Crippen LogP) is 3.39.